The van der Waals surface area contributed by atoms with Crippen molar-refractivity contribution in [1.29, 1.82) is 0 Å². The van der Waals surface area contributed by atoms with Crippen molar-refractivity contribution in [2.24, 2.45) is 0 Å². The number of rotatable bonds is 4. The quantitative estimate of drug-likeness (QED) is 0.936. The summed E-state index contributed by atoms with van der Waals surface area (Å²) < 4.78 is 42.5. The van der Waals surface area contributed by atoms with E-state index in [-0.39, 0.29) is 0 Å². The van der Waals surface area contributed by atoms with Gasteiger partial charge in [0.05, 0.1) is 24.1 Å². The van der Waals surface area contributed by atoms with Gasteiger partial charge in [-0.25, -0.2) is 4.98 Å². The third-order valence-electron chi connectivity index (χ3n) is 2.68. The Morgan fingerprint density at radius 2 is 1.75 bits per heavy atom. The van der Waals surface area contributed by atoms with Gasteiger partial charge in [-0.2, -0.15) is 13.2 Å². The van der Waals surface area contributed by atoms with Crippen LogP contribution in [0.1, 0.15) is 11.1 Å². The van der Waals surface area contributed by atoms with Crippen LogP contribution in [0.4, 0.5) is 18.9 Å². The minimum absolute atomic E-state index is 0.336. The first kappa shape index (κ1) is 14.2. The molecule has 0 fully saturated rings. The molecule has 0 aliphatic rings. The van der Waals surface area contributed by atoms with Gasteiger partial charge >= 0.3 is 6.18 Å². The fraction of sp³-hybridized carbons (Fsp3) is 0.214. The van der Waals surface area contributed by atoms with E-state index in [0.29, 0.717) is 24.6 Å². The van der Waals surface area contributed by atoms with Gasteiger partial charge in [0.25, 0.3) is 0 Å². The largest absolute Gasteiger partial charge is 0.477 e. The highest BCUT2D eigenvalue weighted by Gasteiger charge is 2.29. The van der Waals surface area contributed by atoms with Crippen LogP contribution >= 0.6 is 0 Å². The zero-order valence-electron chi connectivity index (χ0n) is 10.5. The number of nitrogen functional groups attached to an aromatic ring is 1. The first-order valence-electron chi connectivity index (χ1n) is 5.95. The van der Waals surface area contributed by atoms with E-state index < -0.39 is 11.7 Å². The molecule has 0 saturated heterocycles. The molecule has 0 amide bonds. The van der Waals surface area contributed by atoms with Crippen LogP contribution in [0.2, 0.25) is 0 Å². The van der Waals surface area contributed by atoms with Gasteiger partial charge in [0.2, 0.25) is 5.88 Å². The van der Waals surface area contributed by atoms with E-state index >= 15 is 0 Å². The van der Waals surface area contributed by atoms with Gasteiger partial charge in [-0.1, -0.05) is 12.1 Å². The summed E-state index contributed by atoms with van der Waals surface area (Å²) in [5, 5.41) is 0. The molecule has 20 heavy (non-hydrogen) atoms. The number of ether oxygens (including phenoxy) is 1. The van der Waals surface area contributed by atoms with Crippen LogP contribution in [0.5, 0.6) is 5.88 Å². The molecule has 0 atom stereocenters. The Morgan fingerprint density at radius 3 is 2.30 bits per heavy atom. The fourth-order valence-electron chi connectivity index (χ4n) is 1.61. The number of nitrogens with two attached hydrogens (primary N) is 1. The van der Waals surface area contributed by atoms with Crippen molar-refractivity contribution in [3.8, 4) is 5.88 Å². The Balaban J connectivity index is 1.87. The number of alkyl halides is 3. The maximum absolute atomic E-state index is 12.4. The SMILES string of the molecule is Nc1ccc(OCCc2ccc(C(F)(F)F)cc2)nc1. The molecule has 1 aromatic carbocycles. The van der Waals surface area contributed by atoms with Crippen LogP contribution in [-0.4, -0.2) is 11.6 Å². The van der Waals surface area contributed by atoms with Crippen molar-refractivity contribution in [3.05, 3.63) is 53.7 Å². The summed E-state index contributed by atoms with van der Waals surface area (Å²) in [6.07, 6.45) is -2.32. The monoisotopic (exact) mass is 282 g/mol. The van der Waals surface area contributed by atoms with Crippen LogP contribution in [0.3, 0.4) is 0 Å². The number of hydrogen-bond donors (Lipinski definition) is 1. The second kappa shape index (κ2) is 5.81. The van der Waals surface area contributed by atoms with Crippen molar-refractivity contribution in [2.75, 3.05) is 12.3 Å². The molecule has 0 bridgehead atoms. The second-order valence-corrected chi connectivity index (χ2v) is 4.22. The average Bonchev–Trinajstić information content (AvgIpc) is 2.41. The molecule has 106 valence electrons. The highest BCUT2D eigenvalue weighted by atomic mass is 19.4. The zero-order valence-corrected chi connectivity index (χ0v) is 10.5. The van der Waals surface area contributed by atoms with E-state index in [1.54, 1.807) is 12.1 Å². The lowest BCUT2D eigenvalue weighted by Crippen LogP contribution is -2.06. The summed E-state index contributed by atoms with van der Waals surface area (Å²) in [6, 6.07) is 8.33. The number of anilines is 1. The first-order chi connectivity index (χ1) is 9.45. The van der Waals surface area contributed by atoms with Gasteiger partial charge in [-0.05, 0) is 23.8 Å². The number of aromatic nitrogens is 1. The summed E-state index contributed by atoms with van der Waals surface area (Å²) in [5.41, 5.74) is 6.15. The van der Waals surface area contributed by atoms with Crippen LogP contribution in [0.25, 0.3) is 0 Å². The molecular formula is C14H13F3N2O. The van der Waals surface area contributed by atoms with E-state index in [2.05, 4.69) is 4.98 Å². The number of halogens is 3. The predicted octanol–water partition coefficient (Wildman–Crippen LogP) is 3.30. The van der Waals surface area contributed by atoms with Crippen molar-refractivity contribution >= 4 is 5.69 Å². The lowest BCUT2D eigenvalue weighted by atomic mass is 10.1. The van der Waals surface area contributed by atoms with Crippen LogP contribution in [-0.2, 0) is 12.6 Å². The minimum Gasteiger partial charge on any atom is -0.477 e. The lowest BCUT2D eigenvalue weighted by Gasteiger charge is -2.08. The number of benzene rings is 1. The number of nitrogens with zero attached hydrogens (tertiary/aromatic N) is 1. The van der Waals surface area contributed by atoms with Crippen molar-refractivity contribution < 1.29 is 17.9 Å². The Bertz CT molecular complexity index is 550. The van der Waals surface area contributed by atoms with E-state index in [0.717, 1.165) is 17.7 Å². The van der Waals surface area contributed by atoms with Gasteiger partial charge in [-0.3, -0.25) is 0 Å². The smallest absolute Gasteiger partial charge is 0.416 e. The normalized spacial score (nSPS) is 11.3. The molecule has 3 nitrogen and oxygen atoms in total. The van der Waals surface area contributed by atoms with E-state index in [1.807, 2.05) is 0 Å². The average molecular weight is 282 g/mol. The molecule has 0 radical (unpaired) electrons. The van der Waals surface area contributed by atoms with Crippen LogP contribution in [0, 0.1) is 0 Å². The van der Waals surface area contributed by atoms with Crippen molar-refractivity contribution in [3.63, 3.8) is 0 Å². The molecule has 2 aromatic rings. The molecule has 0 spiro atoms. The fourth-order valence-corrected chi connectivity index (χ4v) is 1.61. The van der Waals surface area contributed by atoms with Gasteiger partial charge in [0, 0.05) is 12.5 Å². The maximum Gasteiger partial charge on any atom is 0.416 e. The highest BCUT2D eigenvalue weighted by molar-refractivity contribution is 5.36. The van der Waals surface area contributed by atoms with Gasteiger partial charge in [-0.15, -0.1) is 0 Å². The maximum atomic E-state index is 12.4. The summed E-state index contributed by atoms with van der Waals surface area (Å²) in [6.45, 7) is 0.336. The Hall–Kier alpha value is -2.24. The minimum atomic E-state index is -4.30. The van der Waals surface area contributed by atoms with Crippen molar-refractivity contribution in [2.45, 2.75) is 12.6 Å². The number of pyridine rings is 1. The molecular weight excluding hydrogens is 269 g/mol. The summed E-state index contributed by atoms with van der Waals surface area (Å²) >= 11 is 0. The summed E-state index contributed by atoms with van der Waals surface area (Å²) in [7, 11) is 0. The standard InChI is InChI=1S/C14H13F3N2O/c15-14(16,17)11-3-1-10(2-4-11)7-8-20-13-6-5-12(18)9-19-13/h1-6,9H,7-8,18H2. The van der Waals surface area contributed by atoms with E-state index in [4.69, 9.17) is 10.5 Å². The zero-order chi connectivity index (χ0) is 14.6. The summed E-state index contributed by atoms with van der Waals surface area (Å²) in [5.74, 6) is 0.436. The Labute approximate surface area is 114 Å². The van der Waals surface area contributed by atoms with Crippen LogP contribution in [0.15, 0.2) is 42.6 Å². The Morgan fingerprint density at radius 1 is 1.05 bits per heavy atom. The molecule has 0 saturated carbocycles. The number of hydrogen-bond acceptors (Lipinski definition) is 3. The molecule has 1 heterocycles. The van der Waals surface area contributed by atoms with Crippen LogP contribution < -0.4 is 10.5 Å². The topological polar surface area (TPSA) is 48.1 Å². The van der Waals surface area contributed by atoms with Gasteiger partial charge in [0.1, 0.15) is 0 Å². The van der Waals surface area contributed by atoms with Crippen molar-refractivity contribution in [1.82, 2.24) is 4.98 Å². The van der Waals surface area contributed by atoms with E-state index in [1.165, 1.54) is 18.3 Å². The molecule has 2 rings (SSSR count). The summed E-state index contributed by atoms with van der Waals surface area (Å²) in [4.78, 5) is 3.96. The van der Waals surface area contributed by atoms with Gasteiger partial charge in [0.15, 0.2) is 0 Å². The predicted molar refractivity (Wildman–Crippen MR) is 69.3 cm³/mol. The third kappa shape index (κ3) is 3.88. The lowest BCUT2D eigenvalue weighted by molar-refractivity contribution is -0.137. The third-order valence-corrected chi connectivity index (χ3v) is 2.68. The van der Waals surface area contributed by atoms with Gasteiger partial charge < -0.3 is 10.5 Å². The first-order valence-corrected chi connectivity index (χ1v) is 5.95. The molecule has 6 heteroatoms. The Kier molecular flexibility index (Phi) is 4.12. The highest BCUT2D eigenvalue weighted by Crippen LogP contribution is 2.29. The molecule has 2 N–H and O–H groups in total. The molecule has 0 unspecified atom stereocenters. The second-order valence-electron chi connectivity index (χ2n) is 4.22. The molecule has 0 aliphatic heterocycles. The van der Waals surface area contributed by atoms with E-state index in [9.17, 15) is 13.2 Å². The molecule has 1 aromatic heterocycles. The molecule has 0 aliphatic carbocycles.